The van der Waals surface area contributed by atoms with Crippen LogP contribution in [0.4, 0.5) is 17.2 Å². The Hall–Kier alpha value is -3.72. The molecule has 6 heteroatoms. The van der Waals surface area contributed by atoms with E-state index in [9.17, 15) is 4.79 Å². The van der Waals surface area contributed by atoms with Gasteiger partial charge in [-0.1, -0.05) is 30.3 Å². The summed E-state index contributed by atoms with van der Waals surface area (Å²) in [6.45, 7) is 7.50. The zero-order valence-corrected chi connectivity index (χ0v) is 14.0. The largest absolute Gasteiger partial charge is 0.382 e. The third kappa shape index (κ3) is 4.22. The molecule has 3 rings (SSSR count). The number of anilines is 2. The van der Waals surface area contributed by atoms with Crippen LogP contribution >= 0.6 is 0 Å². The molecular formula is C20H17N5O. The van der Waals surface area contributed by atoms with Crippen molar-refractivity contribution in [1.82, 2.24) is 9.97 Å². The van der Waals surface area contributed by atoms with Gasteiger partial charge in [-0.15, -0.1) is 0 Å². The minimum Gasteiger partial charge on any atom is -0.382 e. The molecule has 128 valence electrons. The monoisotopic (exact) mass is 343 g/mol. The molecule has 0 amide bonds. The Labute approximate surface area is 151 Å². The van der Waals surface area contributed by atoms with Gasteiger partial charge >= 0.3 is 0 Å². The fraction of sp³-hybridized carbons (Fsp3) is 0.100. The lowest BCUT2D eigenvalue weighted by molar-refractivity contribution is 0.0988. The Kier molecular flexibility index (Phi) is 5.20. The zero-order chi connectivity index (χ0) is 18.4. The molecule has 0 saturated carbocycles. The third-order valence-electron chi connectivity index (χ3n) is 3.84. The average molecular weight is 343 g/mol. The number of carbonyl (C=O) groups is 1. The van der Waals surface area contributed by atoms with Crippen molar-refractivity contribution in [3.63, 3.8) is 0 Å². The van der Waals surface area contributed by atoms with Crippen molar-refractivity contribution < 1.29 is 4.79 Å². The topological polar surface area (TPSA) is 85.3 Å². The van der Waals surface area contributed by atoms with Gasteiger partial charge in [0.15, 0.2) is 5.78 Å². The summed E-state index contributed by atoms with van der Waals surface area (Å²) in [5.41, 5.74) is 9.33. The summed E-state index contributed by atoms with van der Waals surface area (Å²) < 4.78 is 0. The number of nitrogen functional groups attached to an aromatic ring is 1. The molecule has 6 nitrogen and oxygen atoms in total. The molecule has 3 N–H and O–H groups in total. The first-order valence-electron chi connectivity index (χ1n) is 8.04. The van der Waals surface area contributed by atoms with E-state index in [1.54, 1.807) is 18.3 Å². The molecule has 2 heterocycles. The summed E-state index contributed by atoms with van der Waals surface area (Å²) in [5, 5.41) is 3.24. The van der Waals surface area contributed by atoms with E-state index >= 15 is 0 Å². The zero-order valence-electron chi connectivity index (χ0n) is 14.0. The van der Waals surface area contributed by atoms with Crippen molar-refractivity contribution in [1.29, 1.82) is 0 Å². The second kappa shape index (κ2) is 7.90. The van der Waals surface area contributed by atoms with Crippen molar-refractivity contribution in [2.45, 2.75) is 13.0 Å². The van der Waals surface area contributed by atoms with E-state index in [0.717, 1.165) is 16.8 Å². The highest BCUT2D eigenvalue weighted by atomic mass is 16.1. The molecule has 0 aliphatic heterocycles. The smallest absolute Gasteiger partial charge is 0.205 e. The van der Waals surface area contributed by atoms with Crippen LogP contribution < -0.4 is 11.1 Å². The highest BCUT2D eigenvalue weighted by molar-refractivity contribution is 5.95. The van der Waals surface area contributed by atoms with Crippen molar-refractivity contribution in [3.05, 3.63) is 89.2 Å². The van der Waals surface area contributed by atoms with E-state index in [2.05, 4.69) is 20.1 Å². The quantitative estimate of drug-likeness (QED) is 0.527. The molecule has 26 heavy (non-hydrogen) atoms. The number of carbonyl (C=O) groups excluding carboxylic acids is 1. The van der Waals surface area contributed by atoms with Crippen LogP contribution in [-0.4, -0.2) is 15.8 Å². The van der Waals surface area contributed by atoms with Gasteiger partial charge in [-0.05, 0) is 29.3 Å². The van der Waals surface area contributed by atoms with Crippen LogP contribution in [0.5, 0.6) is 0 Å². The lowest BCUT2D eigenvalue weighted by atomic mass is 10.0. The van der Waals surface area contributed by atoms with Gasteiger partial charge < -0.3 is 11.1 Å². The van der Waals surface area contributed by atoms with Crippen LogP contribution in [0.1, 0.15) is 21.6 Å². The lowest BCUT2D eigenvalue weighted by Crippen LogP contribution is -2.07. The number of nitrogens with two attached hydrogens (primary N) is 1. The maximum absolute atomic E-state index is 12.4. The van der Waals surface area contributed by atoms with Crippen molar-refractivity contribution in [3.8, 4) is 0 Å². The predicted octanol–water partition coefficient (Wildman–Crippen LogP) is 3.65. The Morgan fingerprint density at radius 1 is 1.12 bits per heavy atom. The van der Waals surface area contributed by atoms with Gasteiger partial charge in [0.1, 0.15) is 11.5 Å². The van der Waals surface area contributed by atoms with Crippen LogP contribution in [0.3, 0.4) is 0 Å². The molecule has 0 fully saturated rings. The Balaban J connectivity index is 1.66. The summed E-state index contributed by atoms with van der Waals surface area (Å²) in [6.07, 6.45) is 3.32. The van der Waals surface area contributed by atoms with Gasteiger partial charge in [0.25, 0.3) is 0 Å². The number of ketones is 1. The van der Waals surface area contributed by atoms with E-state index in [0.29, 0.717) is 23.7 Å². The van der Waals surface area contributed by atoms with Crippen molar-refractivity contribution in [2.75, 3.05) is 11.1 Å². The summed E-state index contributed by atoms with van der Waals surface area (Å²) in [7, 11) is 0. The van der Waals surface area contributed by atoms with Gasteiger partial charge in [-0.25, -0.2) is 9.83 Å². The number of aromatic nitrogens is 2. The summed E-state index contributed by atoms with van der Waals surface area (Å²) in [4.78, 5) is 23.7. The van der Waals surface area contributed by atoms with E-state index in [-0.39, 0.29) is 12.2 Å². The fourth-order valence-corrected chi connectivity index (χ4v) is 2.51. The number of nitrogens with one attached hydrogen (secondary N) is 1. The molecule has 0 aliphatic carbocycles. The van der Waals surface area contributed by atoms with Crippen LogP contribution in [0.2, 0.25) is 0 Å². The molecule has 2 aromatic heterocycles. The fourth-order valence-electron chi connectivity index (χ4n) is 2.51. The number of Topliss-reactive ketones (excluding diaryl/α,β-unsaturated/α-hetero) is 1. The second-order valence-corrected chi connectivity index (χ2v) is 5.72. The Morgan fingerprint density at radius 3 is 2.69 bits per heavy atom. The minimum atomic E-state index is -0.0804. The van der Waals surface area contributed by atoms with Crippen LogP contribution in [0.15, 0.2) is 60.9 Å². The normalized spacial score (nSPS) is 10.1. The highest BCUT2D eigenvalue weighted by Gasteiger charge is 2.09. The summed E-state index contributed by atoms with van der Waals surface area (Å²) >= 11 is 0. The Morgan fingerprint density at radius 2 is 1.96 bits per heavy atom. The van der Waals surface area contributed by atoms with Crippen molar-refractivity contribution >= 4 is 23.0 Å². The molecule has 0 bridgehead atoms. The maximum atomic E-state index is 12.4. The van der Waals surface area contributed by atoms with Crippen LogP contribution in [0, 0.1) is 6.57 Å². The Bertz CT molecular complexity index is 960. The summed E-state index contributed by atoms with van der Waals surface area (Å²) in [5.74, 6) is 0.371. The second-order valence-electron chi connectivity index (χ2n) is 5.72. The minimum absolute atomic E-state index is 0.0804. The number of hydrogen-bond donors (Lipinski definition) is 2. The molecule has 0 aliphatic rings. The van der Waals surface area contributed by atoms with Gasteiger partial charge in [-0.3, -0.25) is 9.78 Å². The summed E-state index contributed by atoms with van der Waals surface area (Å²) in [6, 6.07) is 14.7. The first-order valence-corrected chi connectivity index (χ1v) is 8.04. The molecule has 3 aromatic rings. The van der Waals surface area contributed by atoms with Crippen molar-refractivity contribution in [2.24, 2.45) is 0 Å². The van der Waals surface area contributed by atoms with Gasteiger partial charge in [0.2, 0.25) is 5.69 Å². The molecule has 0 unspecified atom stereocenters. The van der Waals surface area contributed by atoms with E-state index < -0.39 is 0 Å². The molecule has 0 spiro atoms. The van der Waals surface area contributed by atoms with Crippen LogP contribution in [0.25, 0.3) is 4.85 Å². The average Bonchev–Trinajstić information content (AvgIpc) is 2.68. The molecule has 0 atom stereocenters. The number of rotatable bonds is 6. The maximum Gasteiger partial charge on any atom is 0.205 e. The predicted molar refractivity (Wildman–Crippen MR) is 101 cm³/mol. The van der Waals surface area contributed by atoms with E-state index in [4.69, 9.17) is 12.3 Å². The first-order chi connectivity index (χ1) is 12.7. The lowest BCUT2D eigenvalue weighted by Gasteiger charge is -2.09. The number of nitrogens with zero attached hydrogens (tertiary/aromatic N) is 3. The third-order valence-corrected chi connectivity index (χ3v) is 3.84. The molecule has 0 radical (unpaired) electrons. The number of benzene rings is 1. The van der Waals surface area contributed by atoms with E-state index in [1.165, 1.54) is 6.20 Å². The van der Waals surface area contributed by atoms with Crippen LogP contribution in [-0.2, 0) is 13.0 Å². The van der Waals surface area contributed by atoms with E-state index in [1.807, 2.05) is 36.4 Å². The SMILES string of the molecule is [C-]#[N+]c1ccc(C(=O)Cc2cccc(CNc3cccnc3N)c2)nc1. The number of hydrogen-bond acceptors (Lipinski definition) is 5. The first kappa shape index (κ1) is 17.1. The molecular weight excluding hydrogens is 326 g/mol. The van der Waals surface area contributed by atoms with Gasteiger partial charge in [-0.2, -0.15) is 0 Å². The highest BCUT2D eigenvalue weighted by Crippen LogP contribution is 2.16. The standard InChI is InChI=1S/C20H17N5O/c1-22-16-7-8-17(25-13-16)19(26)11-14-4-2-5-15(10-14)12-24-18-6-3-9-23-20(18)21/h2-10,13,24H,11-12H2,(H2,21,23). The van der Waals surface area contributed by atoms with Gasteiger partial charge in [0.05, 0.1) is 12.3 Å². The molecule has 0 saturated heterocycles. The molecule has 1 aromatic carbocycles. The van der Waals surface area contributed by atoms with Gasteiger partial charge in [0, 0.05) is 25.4 Å². The number of pyridine rings is 2.